The van der Waals surface area contributed by atoms with Crippen LogP contribution in [0, 0.1) is 0 Å². The minimum Gasteiger partial charge on any atom is -0.379 e. The molecule has 1 aliphatic rings. The lowest BCUT2D eigenvalue weighted by Crippen LogP contribution is -2.50. The van der Waals surface area contributed by atoms with Crippen LogP contribution in [0.1, 0.15) is 18.4 Å². The number of hydrogen-bond donors (Lipinski definition) is 1. The Labute approximate surface area is 138 Å². The van der Waals surface area contributed by atoms with E-state index >= 15 is 0 Å². The summed E-state index contributed by atoms with van der Waals surface area (Å²) in [6.45, 7) is 2.72. The predicted octanol–water partition coefficient (Wildman–Crippen LogP) is 0.866. The van der Waals surface area contributed by atoms with Crippen molar-refractivity contribution in [2.45, 2.75) is 31.4 Å². The normalized spacial score (nSPS) is 21.3. The molecule has 0 saturated carbocycles. The van der Waals surface area contributed by atoms with Gasteiger partial charge in [-0.3, -0.25) is 9.78 Å². The molecule has 1 aromatic rings. The first kappa shape index (κ1) is 17.8. The third-order valence-corrected chi connectivity index (χ3v) is 3.91. The molecule has 23 heavy (non-hydrogen) atoms. The Morgan fingerprint density at radius 1 is 1.43 bits per heavy atom. The maximum Gasteiger partial charge on any atom is 0.220 e. The molecule has 1 N–H and O–H groups in total. The van der Waals surface area contributed by atoms with E-state index in [0.29, 0.717) is 26.2 Å². The molecule has 1 aromatic heterocycles. The van der Waals surface area contributed by atoms with E-state index in [1.807, 2.05) is 26.2 Å². The first-order chi connectivity index (χ1) is 11.1. The van der Waals surface area contributed by atoms with Crippen LogP contribution < -0.4 is 5.32 Å². The summed E-state index contributed by atoms with van der Waals surface area (Å²) in [5, 5.41) is 3.10. The molecule has 0 aromatic carbocycles. The number of amides is 1. The minimum absolute atomic E-state index is 0.0378. The Hall–Kier alpha value is -1.50. The standard InChI is InChI=1S/C17H27N3O3/c1-20(2)10-12-23-16-13-22-11-7-15(16)19-17(21)4-3-14-5-8-18-9-6-14/h5-6,8-9,15-16H,3-4,7,10-13H2,1-2H3,(H,19,21)/t15-,16-/m1/s1. The number of hydrogen-bond acceptors (Lipinski definition) is 5. The van der Waals surface area contributed by atoms with E-state index in [1.54, 1.807) is 12.4 Å². The molecule has 128 valence electrons. The van der Waals surface area contributed by atoms with Gasteiger partial charge in [0.2, 0.25) is 5.91 Å². The van der Waals surface area contributed by atoms with Crippen LogP contribution in [0.5, 0.6) is 0 Å². The Morgan fingerprint density at radius 2 is 2.22 bits per heavy atom. The maximum atomic E-state index is 12.2. The highest BCUT2D eigenvalue weighted by Crippen LogP contribution is 2.12. The molecule has 1 aliphatic heterocycles. The van der Waals surface area contributed by atoms with Gasteiger partial charge in [-0.15, -0.1) is 0 Å². The third-order valence-electron chi connectivity index (χ3n) is 3.91. The lowest BCUT2D eigenvalue weighted by atomic mass is 10.1. The van der Waals surface area contributed by atoms with Gasteiger partial charge in [0.25, 0.3) is 0 Å². The second kappa shape index (κ2) is 9.60. The van der Waals surface area contributed by atoms with Crippen LogP contribution in [0.3, 0.4) is 0 Å². The van der Waals surface area contributed by atoms with Crippen molar-refractivity contribution < 1.29 is 14.3 Å². The van der Waals surface area contributed by atoms with E-state index in [0.717, 1.165) is 24.9 Å². The van der Waals surface area contributed by atoms with E-state index < -0.39 is 0 Å². The summed E-state index contributed by atoms with van der Waals surface area (Å²) in [5.41, 5.74) is 1.13. The van der Waals surface area contributed by atoms with E-state index in [2.05, 4.69) is 15.2 Å². The highest BCUT2D eigenvalue weighted by atomic mass is 16.5. The highest BCUT2D eigenvalue weighted by molar-refractivity contribution is 5.76. The van der Waals surface area contributed by atoms with E-state index in [1.165, 1.54) is 0 Å². The van der Waals surface area contributed by atoms with Gasteiger partial charge in [0.1, 0.15) is 6.10 Å². The van der Waals surface area contributed by atoms with E-state index in [4.69, 9.17) is 9.47 Å². The molecule has 1 amide bonds. The molecule has 0 aliphatic carbocycles. The molecule has 1 saturated heterocycles. The largest absolute Gasteiger partial charge is 0.379 e. The summed E-state index contributed by atoms with van der Waals surface area (Å²) in [7, 11) is 4.03. The van der Waals surface area contributed by atoms with Crippen LogP contribution >= 0.6 is 0 Å². The lowest BCUT2D eigenvalue weighted by molar-refractivity contribution is -0.126. The van der Waals surface area contributed by atoms with Gasteiger partial charge >= 0.3 is 0 Å². The number of rotatable bonds is 8. The number of ether oxygens (including phenoxy) is 2. The molecule has 0 unspecified atom stereocenters. The van der Waals surface area contributed by atoms with Crippen molar-refractivity contribution in [3.8, 4) is 0 Å². The van der Waals surface area contributed by atoms with Gasteiger partial charge in [0.05, 0.1) is 19.3 Å². The Morgan fingerprint density at radius 3 is 2.96 bits per heavy atom. The minimum atomic E-state index is -0.0615. The second-order valence-corrected chi connectivity index (χ2v) is 6.11. The number of carbonyl (C=O) groups is 1. The average Bonchev–Trinajstić information content (AvgIpc) is 2.55. The zero-order valence-corrected chi connectivity index (χ0v) is 14.0. The van der Waals surface area contributed by atoms with Crippen molar-refractivity contribution in [2.24, 2.45) is 0 Å². The van der Waals surface area contributed by atoms with Crippen molar-refractivity contribution >= 4 is 5.91 Å². The molecule has 6 heteroatoms. The fourth-order valence-corrected chi connectivity index (χ4v) is 2.51. The molecule has 2 rings (SSSR count). The van der Waals surface area contributed by atoms with Gasteiger partial charge in [0.15, 0.2) is 0 Å². The smallest absolute Gasteiger partial charge is 0.220 e. The fourth-order valence-electron chi connectivity index (χ4n) is 2.51. The molecule has 0 bridgehead atoms. The molecule has 0 radical (unpaired) electrons. The SMILES string of the molecule is CN(C)CCO[C@@H]1COCC[C@H]1NC(=O)CCc1ccncc1. The number of aromatic nitrogens is 1. The molecular weight excluding hydrogens is 294 g/mol. The number of nitrogens with zero attached hydrogens (tertiary/aromatic N) is 2. The summed E-state index contributed by atoms with van der Waals surface area (Å²) < 4.78 is 11.4. The van der Waals surface area contributed by atoms with Crippen LogP contribution in [0.2, 0.25) is 0 Å². The van der Waals surface area contributed by atoms with Gasteiger partial charge in [-0.1, -0.05) is 0 Å². The van der Waals surface area contributed by atoms with Gasteiger partial charge < -0.3 is 19.7 Å². The van der Waals surface area contributed by atoms with Crippen LogP contribution in [-0.4, -0.2) is 68.4 Å². The van der Waals surface area contributed by atoms with Gasteiger partial charge in [-0.25, -0.2) is 0 Å². The number of nitrogens with one attached hydrogen (secondary N) is 1. The van der Waals surface area contributed by atoms with Crippen LogP contribution in [0.25, 0.3) is 0 Å². The van der Waals surface area contributed by atoms with E-state index in [-0.39, 0.29) is 18.1 Å². The number of likely N-dealkylation sites (N-methyl/N-ethyl adjacent to an activating group) is 1. The zero-order valence-electron chi connectivity index (χ0n) is 14.0. The summed E-state index contributed by atoms with van der Waals surface area (Å²) in [5.74, 6) is 0.0647. The molecule has 2 heterocycles. The zero-order chi connectivity index (χ0) is 16.5. The highest BCUT2D eigenvalue weighted by Gasteiger charge is 2.27. The Balaban J connectivity index is 1.75. The first-order valence-electron chi connectivity index (χ1n) is 8.17. The first-order valence-corrected chi connectivity index (χ1v) is 8.17. The molecular formula is C17H27N3O3. The maximum absolute atomic E-state index is 12.2. The number of aryl methyl sites for hydroxylation is 1. The van der Waals surface area contributed by atoms with Crippen molar-refractivity contribution in [3.05, 3.63) is 30.1 Å². The molecule has 1 fully saturated rings. The lowest BCUT2D eigenvalue weighted by Gasteiger charge is -2.32. The van der Waals surface area contributed by atoms with Crippen molar-refractivity contribution in [1.82, 2.24) is 15.2 Å². The topological polar surface area (TPSA) is 63.7 Å². The van der Waals surface area contributed by atoms with Gasteiger partial charge in [-0.05, 0) is 44.6 Å². The average molecular weight is 321 g/mol. The number of carbonyl (C=O) groups excluding carboxylic acids is 1. The van der Waals surface area contributed by atoms with Gasteiger partial charge in [0, 0.05) is 32.0 Å². The Kier molecular flexibility index (Phi) is 7.45. The Bertz CT molecular complexity index is 467. The predicted molar refractivity (Wildman–Crippen MR) is 88.2 cm³/mol. The van der Waals surface area contributed by atoms with Crippen molar-refractivity contribution in [1.29, 1.82) is 0 Å². The molecule has 6 nitrogen and oxygen atoms in total. The summed E-state index contributed by atoms with van der Waals surface area (Å²) in [6, 6.07) is 3.92. The molecule has 2 atom stereocenters. The number of pyridine rings is 1. The summed E-state index contributed by atoms with van der Waals surface area (Å²) in [6.07, 6.45) is 5.44. The monoisotopic (exact) mass is 321 g/mol. The van der Waals surface area contributed by atoms with Crippen LogP contribution in [0.15, 0.2) is 24.5 Å². The third kappa shape index (κ3) is 6.64. The van der Waals surface area contributed by atoms with Crippen LogP contribution in [-0.2, 0) is 20.7 Å². The fraction of sp³-hybridized carbons (Fsp3) is 0.647. The van der Waals surface area contributed by atoms with Crippen molar-refractivity contribution in [3.63, 3.8) is 0 Å². The summed E-state index contributed by atoms with van der Waals surface area (Å²) >= 11 is 0. The summed E-state index contributed by atoms with van der Waals surface area (Å²) in [4.78, 5) is 18.2. The van der Waals surface area contributed by atoms with Crippen LogP contribution in [0.4, 0.5) is 0 Å². The van der Waals surface area contributed by atoms with Gasteiger partial charge in [-0.2, -0.15) is 0 Å². The van der Waals surface area contributed by atoms with Crippen molar-refractivity contribution in [2.75, 3.05) is 40.5 Å². The quantitative estimate of drug-likeness (QED) is 0.770. The molecule has 0 spiro atoms. The second-order valence-electron chi connectivity index (χ2n) is 6.11. The van der Waals surface area contributed by atoms with E-state index in [9.17, 15) is 4.79 Å².